The fourth-order valence-electron chi connectivity index (χ4n) is 2.42. The molecule has 1 atom stereocenters. The van der Waals surface area contributed by atoms with Gasteiger partial charge in [-0.15, -0.1) is 0 Å². The van der Waals surface area contributed by atoms with Crippen LogP contribution in [0.4, 0.5) is 5.69 Å². The van der Waals surface area contributed by atoms with E-state index in [2.05, 4.69) is 25.3 Å². The second-order valence-corrected chi connectivity index (χ2v) is 5.43. The van der Waals surface area contributed by atoms with Crippen LogP contribution in [0, 0.1) is 0 Å². The molecule has 2 aromatic rings. The van der Waals surface area contributed by atoms with Gasteiger partial charge >= 0.3 is 0 Å². The van der Waals surface area contributed by atoms with E-state index in [1.807, 2.05) is 61.5 Å². The molecule has 1 unspecified atom stereocenters. The molecule has 0 spiro atoms. The number of hydrogen-bond acceptors (Lipinski definition) is 1. The zero-order valence-electron chi connectivity index (χ0n) is 12.7. The van der Waals surface area contributed by atoms with Crippen LogP contribution in [0.2, 0.25) is 0 Å². The van der Waals surface area contributed by atoms with E-state index < -0.39 is 0 Å². The van der Waals surface area contributed by atoms with Crippen molar-refractivity contribution >= 4 is 11.5 Å². The summed E-state index contributed by atoms with van der Waals surface area (Å²) in [7, 11) is 2.11. The van der Waals surface area contributed by atoms with Gasteiger partial charge in [0.05, 0.1) is 7.05 Å². The van der Waals surface area contributed by atoms with E-state index >= 15 is 0 Å². The Balaban J connectivity index is 2.27. The van der Waals surface area contributed by atoms with Crippen molar-refractivity contribution in [3.63, 3.8) is 0 Å². The lowest BCUT2D eigenvalue weighted by atomic mass is 10.1. The minimum atomic E-state index is 0.173. The van der Waals surface area contributed by atoms with Gasteiger partial charge in [-0.2, -0.15) is 0 Å². The Hall–Kier alpha value is -2.19. The SMILES string of the molecule is C/C=C/C[N+](C)(CC(=O)c1ccccc1)c1ccccc1. The Morgan fingerprint density at radius 2 is 1.57 bits per heavy atom. The fraction of sp³-hybridized carbons (Fsp3) is 0.211. The number of likely N-dealkylation sites (N-methyl/N-ethyl adjacent to an activating group) is 1. The van der Waals surface area contributed by atoms with Crippen molar-refractivity contribution in [2.75, 3.05) is 20.1 Å². The average Bonchev–Trinajstić information content (AvgIpc) is 2.54. The molecule has 0 aromatic heterocycles. The first-order chi connectivity index (χ1) is 10.2. The van der Waals surface area contributed by atoms with Crippen molar-refractivity contribution in [2.24, 2.45) is 0 Å². The number of para-hydroxylation sites is 1. The predicted octanol–water partition coefficient (Wildman–Crippen LogP) is 4.08. The monoisotopic (exact) mass is 280 g/mol. The molecule has 0 heterocycles. The van der Waals surface area contributed by atoms with Gasteiger partial charge in [0, 0.05) is 5.56 Å². The van der Waals surface area contributed by atoms with Gasteiger partial charge in [0.15, 0.2) is 0 Å². The Morgan fingerprint density at radius 3 is 2.14 bits per heavy atom. The third-order valence-corrected chi connectivity index (χ3v) is 3.71. The van der Waals surface area contributed by atoms with Gasteiger partial charge in [-0.05, 0) is 25.1 Å². The number of carbonyl (C=O) groups excluding carboxylic acids is 1. The molecular formula is C19H22NO+. The minimum Gasteiger partial charge on any atom is -0.288 e. The Bertz CT molecular complexity index is 604. The molecule has 0 saturated heterocycles. The zero-order valence-corrected chi connectivity index (χ0v) is 12.7. The fourth-order valence-corrected chi connectivity index (χ4v) is 2.42. The molecule has 0 saturated carbocycles. The van der Waals surface area contributed by atoms with Crippen molar-refractivity contribution < 1.29 is 4.79 Å². The van der Waals surface area contributed by atoms with Crippen LogP contribution in [0.5, 0.6) is 0 Å². The number of quaternary nitrogens is 1. The van der Waals surface area contributed by atoms with Crippen molar-refractivity contribution in [3.8, 4) is 0 Å². The van der Waals surface area contributed by atoms with Gasteiger partial charge in [-0.1, -0.05) is 54.6 Å². The second kappa shape index (κ2) is 7.00. The molecule has 0 amide bonds. The van der Waals surface area contributed by atoms with Crippen LogP contribution in [0.15, 0.2) is 72.8 Å². The second-order valence-electron chi connectivity index (χ2n) is 5.43. The minimum absolute atomic E-state index is 0.173. The summed E-state index contributed by atoms with van der Waals surface area (Å²) in [6.45, 7) is 3.27. The highest BCUT2D eigenvalue weighted by Crippen LogP contribution is 2.21. The smallest absolute Gasteiger partial charge is 0.217 e. The van der Waals surface area contributed by atoms with Crippen molar-refractivity contribution in [1.29, 1.82) is 0 Å². The maximum atomic E-state index is 12.6. The molecule has 0 N–H and O–H groups in total. The molecular weight excluding hydrogens is 258 g/mol. The van der Waals surface area contributed by atoms with E-state index in [1.165, 1.54) is 0 Å². The van der Waals surface area contributed by atoms with Crippen molar-refractivity contribution in [3.05, 3.63) is 78.4 Å². The largest absolute Gasteiger partial charge is 0.288 e. The topological polar surface area (TPSA) is 17.1 Å². The number of carbonyl (C=O) groups is 1. The van der Waals surface area contributed by atoms with Gasteiger partial charge in [0.2, 0.25) is 5.78 Å². The van der Waals surface area contributed by atoms with E-state index in [0.717, 1.165) is 17.8 Å². The highest BCUT2D eigenvalue weighted by Gasteiger charge is 2.27. The number of benzene rings is 2. The van der Waals surface area contributed by atoms with E-state index in [-0.39, 0.29) is 5.78 Å². The summed E-state index contributed by atoms with van der Waals surface area (Å²) in [4.78, 5) is 12.6. The molecule has 21 heavy (non-hydrogen) atoms. The van der Waals surface area contributed by atoms with Gasteiger partial charge in [-0.25, -0.2) is 0 Å². The zero-order chi connectivity index (χ0) is 15.1. The third-order valence-electron chi connectivity index (χ3n) is 3.71. The van der Waals surface area contributed by atoms with Crippen molar-refractivity contribution in [1.82, 2.24) is 4.48 Å². The lowest BCUT2D eigenvalue weighted by Crippen LogP contribution is -2.49. The number of nitrogens with zero attached hydrogens (tertiary/aromatic N) is 1. The highest BCUT2D eigenvalue weighted by atomic mass is 16.1. The van der Waals surface area contributed by atoms with E-state index in [4.69, 9.17) is 0 Å². The quantitative estimate of drug-likeness (QED) is 0.442. The van der Waals surface area contributed by atoms with Gasteiger partial charge in [-0.3, -0.25) is 9.28 Å². The molecule has 2 aromatic carbocycles. The highest BCUT2D eigenvalue weighted by molar-refractivity contribution is 5.98. The maximum absolute atomic E-state index is 12.6. The normalized spacial score (nSPS) is 14.0. The van der Waals surface area contributed by atoms with Crippen LogP contribution in [-0.2, 0) is 0 Å². The molecule has 2 rings (SSSR count). The lowest BCUT2D eigenvalue weighted by Gasteiger charge is -2.32. The molecule has 2 heteroatoms. The van der Waals surface area contributed by atoms with E-state index in [0.29, 0.717) is 11.0 Å². The van der Waals surface area contributed by atoms with Crippen molar-refractivity contribution in [2.45, 2.75) is 6.92 Å². The maximum Gasteiger partial charge on any atom is 0.217 e. The summed E-state index contributed by atoms with van der Waals surface area (Å²) in [5.74, 6) is 0.173. The first-order valence-corrected chi connectivity index (χ1v) is 7.25. The van der Waals surface area contributed by atoms with Gasteiger partial charge in [0.1, 0.15) is 18.8 Å². The van der Waals surface area contributed by atoms with Crippen LogP contribution >= 0.6 is 0 Å². The van der Waals surface area contributed by atoms with Crippen LogP contribution in [0.25, 0.3) is 0 Å². The average molecular weight is 280 g/mol. The summed E-state index contributed by atoms with van der Waals surface area (Å²) >= 11 is 0. The standard InChI is InChI=1S/C19H22NO/c1-3-4-15-20(2,18-13-9-6-10-14-18)16-19(21)17-11-7-5-8-12-17/h3-14H,15-16H2,1-2H3/q+1/b4-3+. The number of hydrogen-bond donors (Lipinski definition) is 0. The Kier molecular flexibility index (Phi) is 5.07. The van der Waals surface area contributed by atoms with Gasteiger partial charge < -0.3 is 0 Å². The number of rotatable bonds is 6. The Morgan fingerprint density at radius 1 is 1.00 bits per heavy atom. The summed E-state index contributed by atoms with van der Waals surface area (Å²) in [6.07, 6.45) is 4.15. The number of Topliss-reactive ketones (excluding diaryl/α,β-unsaturated/α-hetero) is 1. The predicted molar refractivity (Wildman–Crippen MR) is 89.5 cm³/mol. The van der Waals surface area contributed by atoms with Crippen LogP contribution < -0.4 is 4.48 Å². The summed E-state index contributed by atoms with van der Waals surface area (Å²) in [5.41, 5.74) is 1.93. The molecule has 0 aliphatic carbocycles. The molecule has 0 bridgehead atoms. The van der Waals surface area contributed by atoms with Gasteiger partial charge in [0.25, 0.3) is 0 Å². The van der Waals surface area contributed by atoms with Crippen LogP contribution in [-0.4, -0.2) is 25.9 Å². The number of allylic oxidation sites excluding steroid dienone is 1. The summed E-state index contributed by atoms with van der Waals surface area (Å²) in [6, 6.07) is 19.7. The first kappa shape index (κ1) is 15.2. The van der Waals surface area contributed by atoms with E-state index in [1.54, 1.807) is 0 Å². The third kappa shape index (κ3) is 3.89. The number of ketones is 1. The molecule has 2 nitrogen and oxygen atoms in total. The van der Waals surface area contributed by atoms with E-state index in [9.17, 15) is 4.79 Å². The summed E-state index contributed by atoms with van der Waals surface area (Å²) < 4.78 is 0.582. The van der Waals surface area contributed by atoms with Crippen LogP contribution in [0.3, 0.4) is 0 Å². The lowest BCUT2D eigenvalue weighted by molar-refractivity contribution is 0.0953. The molecule has 0 fully saturated rings. The summed E-state index contributed by atoms with van der Waals surface area (Å²) in [5, 5.41) is 0. The molecule has 108 valence electrons. The van der Waals surface area contributed by atoms with Crippen LogP contribution in [0.1, 0.15) is 17.3 Å². The molecule has 0 aliphatic rings. The first-order valence-electron chi connectivity index (χ1n) is 7.25. The Labute approximate surface area is 126 Å². The molecule has 0 radical (unpaired) electrons. The molecule has 0 aliphatic heterocycles.